The number of benzene rings is 4. The molecule has 0 aliphatic rings. The molecule has 4 aromatic carbocycles. The number of aryl methyl sites for hydroxylation is 2. The molecule has 0 bridgehead atoms. The van der Waals surface area contributed by atoms with Crippen LogP contribution in [0.1, 0.15) is 111 Å². The molecule has 0 unspecified atom stereocenters. The molecule has 0 aromatic heterocycles. The fraction of sp³-hybridized carbons (Fsp3) is 0.351. The van der Waals surface area contributed by atoms with Crippen molar-refractivity contribution in [1.82, 2.24) is 0 Å². The molecule has 204 valence electrons. The smallest absolute Gasteiger partial charge is 0.119 e. The third-order valence-corrected chi connectivity index (χ3v) is 8.46. The van der Waals surface area contributed by atoms with Gasteiger partial charge in [-0.2, -0.15) is 0 Å². The normalized spacial score (nSPS) is 12.1. The van der Waals surface area contributed by atoms with E-state index in [2.05, 4.69) is 121 Å². The Balaban J connectivity index is 2.12. The van der Waals surface area contributed by atoms with Crippen molar-refractivity contribution in [3.05, 3.63) is 129 Å². The topological polar surface area (TPSA) is 40.5 Å². The van der Waals surface area contributed by atoms with Crippen LogP contribution in [0, 0.1) is 0 Å². The summed E-state index contributed by atoms with van der Waals surface area (Å²) >= 11 is 0. The van der Waals surface area contributed by atoms with Gasteiger partial charge in [-0.25, -0.2) is 0 Å². The number of hydrogen-bond donors (Lipinski definition) is 2. The van der Waals surface area contributed by atoms with E-state index in [-0.39, 0.29) is 17.8 Å². The predicted octanol–water partition coefficient (Wildman–Crippen LogP) is 9.61. The quantitative estimate of drug-likeness (QED) is 0.231. The Bertz CT molecular complexity index is 1320. The van der Waals surface area contributed by atoms with E-state index in [1.54, 1.807) is 0 Å². The first kappa shape index (κ1) is 28.5. The van der Waals surface area contributed by atoms with Gasteiger partial charge in [0.2, 0.25) is 0 Å². The van der Waals surface area contributed by atoms with Crippen molar-refractivity contribution in [3.8, 4) is 11.5 Å². The molecule has 2 N–H and O–H groups in total. The Labute approximate surface area is 235 Å². The third-order valence-electron chi connectivity index (χ3n) is 8.46. The lowest BCUT2D eigenvalue weighted by Gasteiger charge is -2.41. The van der Waals surface area contributed by atoms with Crippen LogP contribution in [0.5, 0.6) is 11.5 Å². The molecule has 0 saturated heterocycles. The summed E-state index contributed by atoms with van der Waals surface area (Å²) in [5.74, 6) is 0.991. The Hall–Kier alpha value is -3.52. The van der Waals surface area contributed by atoms with E-state index in [1.165, 1.54) is 22.3 Å². The summed E-state index contributed by atoms with van der Waals surface area (Å²) in [6.45, 7) is 15.3. The van der Waals surface area contributed by atoms with Crippen molar-refractivity contribution in [2.75, 3.05) is 0 Å². The minimum Gasteiger partial charge on any atom is -0.508 e. The molecule has 0 spiro atoms. The zero-order valence-corrected chi connectivity index (χ0v) is 24.6. The summed E-state index contributed by atoms with van der Waals surface area (Å²) in [5, 5.41) is 21.5. The van der Waals surface area contributed by atoms with Crippen LogP contribution in [0.4, 0.5) is 0 Å². The van der Waals surface area contributed by atoms with Crippen LogP contribution in [0.3, 0.4) is 0 Å². The van der Waals surface area contributed by atoms with Gasteiger partial charge in [0.15, 0.2) is 0 Å². The molecule has 0 saturated carbocycles. The van der Waals surface area contributed by atoms with Crippen LogP contribution in [0.15, 0.2) is 84.9 Å². The molecule has 0 heterocycles. The van der Waals surface area contributed by atoms with E-state index < -0.39 is 5.41 Å². The Morgan fingerprint density at radius 1 is 0.590 bits per heavy atom. The largest absolute Gasteiger partial charge is 0.508 e. The Morgan fingerprint density at radius 2 is 1.00 bits per heavy atom. The molecule has 2 heteroatoms. The second kappa shape index (κ2) is 11.7. The molecular formula is C37H44O2. The lowest BCUT2D eigenvalue weighted by atomic mass is 9.62. The molecule has 39 heavy (non-hydrogen) atoms. The van der Waals surface area contributed by atoms with Gasteiger partial charge < -0.3 is 10.2 Å². The Kier molecular flexibility index (Phi) is 8.54. The van der Waals surface area contributed by atoms with Gasteiger partial charge in [0.1, 0.15) is 11.5 Å². The number of phenolic OH excluding ortho intramolecular Hbond substituents is 2. The molecular weight excluding hydrogens is 476 g/mol. The fourth-order valence-corrected chi connectivity index (χ4v) is 6.02. The average molecular weight is 521 g/mol. The summed E-state index contributed by atoms with van der Waals surface area (Å²) in [6, 6.07) is 30.3. The highest BCUT2D eigenvalue weighted by Gasteiger charge is 2.40. The van der Waals surface area contributed by atoms with E-state index in [4.69, 9.17) is 0 Å². The molecule has 0 aliphatic carbocycles. The van der Waals surface area contributed by atoms with E-state index >= 15 is 0 Å². The molecule has 0 aliphatic heterocycles. The van der Waals surface area contributed by atoms with E-state index in [0.717, 1.165) is 35.1 Å². The zero-order chi connectivity index (χ0) is 28.3. The van der Waals surface area contributed by atoms with Crippen LogP contribution in [0.25, 0.3) is 0 Å². The lowest BCUT2D eigenvalue weighted by molar-refractivity contribution is 0.459. The number of aromatic hydroxyl groups is 2. The first-order chi connectivity index (χ1) is 18.6. The molecule has 0 fully saturated rings. The highest BCUT2D eigenvalue weighted by molar-refractivity contribution is 5.54. The SMILES string of the molecule is CCc1cccc(C(C)(c2cccc(CC)c2)C(c2ccc(O)c(C(C)C)c2)c2ccc(O)c(C(C)C)c2)c1. The molecule has 2 nitrogen and oxygen atoms in total. The van der Waals surface area contributed by atoms with Gasteiger partial charge in [0.25, 0.3) is 0 Å². The van der Waals surface area contributed by atoms with Crippen molar-refractivity contribution < 1.29 is 10.2 Å². The number of hydrogen-bond acceptors (Lipinski definition) is 2. The van der Waals surface area contributed by atoms with Gasteiger partial charge in [0, 0.05) is 11.3 Å². The molecule has 4 aromatic rings. The second-order valence-electron chi connectivity index (χ2n) is 11.7. The summed E-state index contributed by atoms with van der Waals surface area (Å²) in [7, 11) is 0. The highest BCUT2D eigenvalue weighted by Crippen LogP contribution is 2.50. The van der Waals surface area contributed by atoms with Crippen LogP contribution in [-0.2, 0) is 18.3 Å². The minimum atomic E-state index is -0.424. The lowest BCUT2D eigenvalue weighted by Crippen LogP contribution is -2.33. The second-order valence-corrected chi connectivity index (χ2v) is 11.7. The standard InChI is InChI=1S/C37H44O2/c1-8-26-12-10-14-30(20-26)37(7,31-15-11-13-27(9-2)21-31)36(28-16-18-34(38)32(22-28)24(3)4)29-17-19-35(39)33(23-29)25(5)6/h10-25,36,38-39H,8-9H2,1-7H3. The van der Waals surface area contributed by atoms with Crippen molar-refractivity contribution in [3.63, 3.8) is 0 Å². The molecule has 0 amide bonds. The average Bonchev–Trinajstić information content (AvgIpc) is 2.94. The number of rotatable bonds is 9. The van der Waals surface area contributed by atoms with E-state index in [1.807, 2.05) is 12.1 Å². The summed E-state index contributed by atoms with van der Waals surface area (Å²) < 4.78 is 0. The summed E-state index contributed by atoms with van der Waals surface area (Å²) in [6.07, 6.45) is 1.94. The van der Waals surface area contributed by atoms with Gasteiger partial charge in [-0.15, -0.1) is 0 Å². The number of phenols is 2. The van der Waals surface area contributed by atoms with Crippen molar-refractivity contribution in [2.24, 2.45) is 0 Å². The fourth-order valence-electron chi connectivity index (χ4n) is 6.02. The molecule has 0 atom stereocenters. The van der Waals surface area contributed by atoms with Crippen LogP contribution in [0.2, 0.25) is 0 Å². The maximum atomic E-state index is 10.8. The first-order valence-electron chi connectivity index (χ1n) is 14.4. The van der Waals surface area contributed by atoms with Crippen molar-refractivity contribution in [2.45, 2.75) is 84.5 Å². The van der Waals surface area contributed by atoms with Crippen molar-refractivity contribution >= 4 is 0 Å². The first-order valence-corrected chi connectivity index (χ1v) is 14.4. The van der Waals surface area contributed by atoms with Gasteiger partial charge in [0.05, 0.1) is 0 Å². The van der Waals surface area contributed by atoms with Gasteiger partial charge >= 0.3 is 0 Å². The maximum absolute atomic E-state index is 10.8. The monoisotopic (exact) mass is 520 g/mol. The zero-order valence-electron chi connectivity index (χ0n) is 24.6. The van der Waals surface area contributed by atoms with Gasteiger partial charge in [-0.05, 0) is 81.3 Å². The minimum absolute atomic E-state index is 0.0621. The maximum Gasteiger partial charge on any atom is 0.119 e. The van der Waals surface area contributed by atoms with Crippen LogP contribution >= 0.6 is 0 Å². The summed E-state index contributed by atoms with van der Waals surface area (Å²) in [4.78, 5) is 0. The van der Waals surface area contributed by atoms with Gasteiger partial charge in [-0.3, -0.25) is 0 Å². The molecule has 0 radical (unpaired) electrons. The van der Waals surface area contributed by atoms with Crippen molar-refractivity contribution in [1.29, 1.82) is 0 Å². The van der Waals surface area contributed by atoms with Crippen LogP contribution < -0.4 is 0 Å². The third kappa shape index (κ3) is 5.62. The van der Waals surface area contributed by atoms with E-state index in [0.29, 0.717) is 11.5 Å². The highest BCUT2D eigenvalue weighted by atomic mass is 16.3. The van der Waals surface area contributed by atoms with Gasteiger partial charge in [-0.1, -0.05) is 121 Å². The van der Waals surface area contributed by atoms with Crippen LogP contribution in [-0.4, -0.2) is 10.2 Å². The predicted molar refractivity (Wildman–Crippen MR) is 164 cm³/mol. The Morgan fingerprint density at radius 3 is 1.36 bits per heavy atom. The summed E-state index contributed by atoms with van der Waals surface area (Å²) in [5.41, 5.74) is 8.94. The van der Waals surface area contributed by atoms with E-state index in [9.17, 15) is 10.2 Å². The molecule has 4 rings (SSSR count).